The molecule has 2 aromatic heterocycles. The van der Waals surface area contributed by atoms with Gasteiger partial charge in [0.05, 0.1) is 24.4 Å². The van der Waals surface area contributed by atoms with E-state index in [0.29, 0.717) is 43.5 Å². The van der Waals surface area contributed by atoms with Crippen LogP contribution in [0.15, 0.2) is 41.8 Å². The lowest BCUT2D eigenvalue weighted by molar-refractivity contribution is -0.144. The van der Waals surface area contributed by atoms with Crippen molar-refractivity contribution in [3.05, 3.63) is 63.6 Å². The summed E-state index contributed by atoms with van der Waals surface area (Å²) in [4.78, 5) is 34.0. The third-order valence-corrected chi connectivity index (χ3v) is 6.80. The summed E-state index contributed by atoms with van der Waals surface area (Å²) in [6.07, 6.45) is -3.18. The van der Waals surface area contributed by atoms with E-state index in [2.05, 4.69) is 20.0 Å². The van der Waals surface area contributed by atoms with Crippen molar-refractivity contribution in [2.24, 2.45) is 0 Å². The highest BCUT2D eigenvalue weighted by Gasteiger charge is 2.38. The molecule has 1 aromatic carbocycles. The number of benzene rings is 1. The second kappa shape index (κ2) is 11.0. The number of amides is 1. The molecular formula is C25H22F3N5O3S. The van der Waals surface area contributed by atoms with Crippen LogP contribution in [0.3, 0.4) is 0 Å². The molecule has 0 radical (unpaired) electrons. The SMILES string of the molecule is COC(=O)c1cc(-c2cc(N3CCC[C@H]3C(=O)NCCc3ccc(C#N)cc3)nc(C(F)(F)F)n2)cs1. The number of halogens is 3. The van der Waals surface area contributed by atoms with E-state index in [1.807, 2.05) is 18.2 Å². The minimum Gasteiger partial charge on any atom is -0.465 e. The lowest BCUT2D eigenvalue weighted by atomic mass is 10.1. The van der Waals surface area contributed by atoms with Crippen LogP contribution in [0, 0.1) is 11.3 Å². The van der Waals surface area contributed by atoms with E-state index in [1.165, 1.54) is 24.6 Å². The molecule has 37 heavy (non-hydrogen) atoms. The normalized spacial score (nSPS) is 15.3. The number of carbonyl (C=O) groups excluding carboxylic acids is 2. The number of nitrogens with one attached hydrogen (secondary N) is 1. The van der Waals surface area contributed by atoms with E-state index >= 15 is 0 Å². The second-order valence-electron chi connectivity index (χ2n) is 8.33. The van der Waals surface area contributed by atoms with Gasteiger partial charge in [0.2, 0.25) is 11.7 Å². The van der Waals surface area contributed by atoms with Gasteiger partial charge < -0.3 is 15.0 Å². The first-order chi connectivity index (χ1) is 17.7. The third kappa shape index (κ3) is 6.06. The summed E-state index contributed by atoms with van der Waals surface area (Å²) in [6, 6.07) is 11.2. The molecule has 3 aromatic rings. The van der Waals surface area contributed by atoms with Crippen molar-refractivity contribution in [2.45, 2.75) is 31.5 Å². The summed E-state index contributed by atoms with van der Waals surface area (Å²) >= 11 is 1.03. The summed E-state index contributed by atoms with van der Waals surface area (Å²) in [5.74, 6) is -2.23. The van der Waals surface area contributed by atoms with Crippen molar-refractivity contribution < 1.29 is 27.5 Å². The topological polar surface area (TPSA) is 108 Å². The summed E-state index contributed by atoms with van der Waals surface area (Å²) in [5.41, 5.74) is 1.80. The number of nitriles is 1. The van der Waals surface area contributed by atoms with Crippen molar-refractivity contribution in [1.82, 2.24) is 15.3 Å². The number of esters is 1. The van der Waals surface area contributed by atoms with Crippen molar-refractivity contribution in [2.75, 3.05) is 25.1 Å². The highest BCUT2D eigenvalue weighted by Crippen LogP contribution is 2.34. The number of hydrogen-bond acceptors (Lipinski definition) is 8. The second-order valence-corrected chi connectivity index (χ2v) is 9.24. The first kappa shape index (κ1) is 26.1. The van der Waals surface area contributed by atoms with Crippen LogP contribution in [-0.2, 0) is 22.1 Å². The number of rotatable bonds is 7. The van der Waals surface area contributed by atoms with Crippen molar-refractivity contribution in [3.63, 3.8) is 0 Å². The van der Waals surface area contributed by atoms with Gasteiger partial charge in [-0.2, -0.15) is 18.4 Å². The predicted octanol–water partition coefficient (Wildman–Crippen LogP) is 4.21. The molecule has 12 heteroatoms. The van der Waals surface area contributed by atoms with Gasteiger partial charge in [-0.1, -0.05) is 12.1 Å². The molecule has 8 nitrogen and oxygen atoms in total. The number of thiophene rings is 1. The molecule has 192 valence electrons. The Hall–Kier alpha value is -3.98. The molecule has 0 unspecified atom stereocenters. The molecule has 1 aliphatic rings. The molecular weight excluding hydrogens is 507 g/mol. The van der Waals surface area contributed by atoms with Crippen LogP contribution in [-0.4, -0.2) is 48.1 Å². The first-order valence-corrected chi connectivity index (χ1v) is 12.2. The Morgan fingerprint density at radius 1 is 1.24 bits per heavy atom. The summed E-state index contributed by atoms with van der Waals surface area (Å²) in [6.45, 7) is 0.696. The van der Waals surface area contributed by atoms with Crippen LogP contribution in [0.2, 0.25) is 0 Å². The van der Waals surface area contributed by atoms with Crippen molar-refractivity contribution >= 4 is 29.0 Å². The zero-order chi connectivity index (χ0) is 26.6. The number of ether oxygens (including phenoxy) is 1. The van der Waals surface area contributed by atoms with Gasteiger partial charge in [0.25, 0.3) is 0 Å². The van der Waals surface area contributed by atoms with Crippen LogP contribution in [0.1, 0.15) is 39.5 Å². The molecule has 1 amide bonds. The van der Waals surface area contributed by atoms with Crippen molar-refractivity contribution in [1.29, 1.82) is 5.26 Å². The van der Waals surface area contributed by atoms with E-state index in [0.717, 1.165) is 16.9 Å². The number of anilines is 1. The number of aromatic nitrogens is 2. The van der Waals surface area contributed by atoms with E-state index in [-0.39, 0.29) is 22.3 Å². The maximum Gasteiger partial charge on any atom is 0.451 e. The number of carbonyl (C=O) groups is 2. The number of alkyl halides is 3. The van der Waals surface area contributed by atoms with Crippen LogP contribution >= 0.6 is 11.3 Å². The van der Waals surface area contributed by atoms with Crippen LogP contribution in [0.5, 0.6) is 0 Å². The zero-order valence-corrected chi connectivity index (χ0v) is 20.5. The molecule has 0 bridgehead atoms. The van der Waals surface area contributed by atoms with Crippen LogP contribution < -0.4 is 10.2 Å². The van der Waals surface area contributed by atoms with Gasteiger partial charge in [0.1, 0.15) is 16.7 Å². The van der Waals surface area contributed by atoms with Gasteiger partial charge in [-0.3, -0.25) is 4.79 Å². The van der Waals surface area contributed by atoms with E-state index in [4.69, 9.17) is 5.26 Å². The van der Waals surface area contributed by atoms with Crippen LogP contribution in [0.4, 0.5) is 19.0 Å². The highest BCUT2D eigenvalue weighted by atomic mass is 32.1. The fraction of sp³-hybridized carbons (Fsp3) is 0.320. The number of methoxy groups -OCH3 is 1. The van der Waals surface area contributed by atoms with Crippen molar-refractivity contribution in [3.8, 4) is 17.3 Å². The minimum absolute atomic E-state index is 0.00407. The molecule has 1 fully saturated rings. The Morgan fingerprint density at radius 2 is 2.00 bits per heavy atom. The largest absolute Gasteiger partial charge is 0.465 e. The monoisotopic (exact) mass is 529 g/mol. The molecule has 3 heterocycles. The molecule has 0 saturated carbocycles. The summed E-state index contributed by atoms with van der Waals surface area (Å²) < 4.78 is 45.6. The van der Waals surface area contributed by atoms with Crippen LogP contribution in [0.25, 0.3) is 11.3 Å². The lowest BCUT2D eigenvalue weighted by Gasteiger charge is -2.26. The molecule has 1 saturated heterocycles. The standard InChI is InChI=1S/C25H22F3N5O3S/c1-36-23(35)20-11-17(14-37-20)18-12-21(32-24(31-18)25(26,27)28)33-10-2-3-19(33)22(34)30-9-8-15-4-6-16(13-29)7-5-15/h4-7,11-12,14,19H,2-3,8-10H2,1H3,(H,30,34)/t19-/m0/s1. The Bertz CT molecular complexity index is 1330. The molecule has 0 spiro atoms. The Labute approximate surface area is 214 Å². The fourth-order valence-corrected chi connectivity index (χ4v) is 4.86. The predicted molar refractivity (Wildman–Crippen MR) is 130 cm³/mol. The zero-order valence-electron chi connectivity index (χ0n) is 19.7. The van der Waals surface area contributed by atoms with E-state index in [1.54, 1.807) is 17.0 Å². The molecule has 0 aliphatic carbocycles. The average molecular weight is 530 g/mol. The highest BCUT2D eigenvalue weighted by molar-refractivity contribution is 7.12. The smallest absolute Gasteiger partial charge is 0.451 e. The Morgan fingerprint density at radius 3 is 2.68 bits per heavy atom. The third-order valence-electron chi connectivity index (χ3n) is 5.89. The number of nitrogens with zero attached hydrogens (tertiary/aromatic N) is 4. The van der Waals surface area contributed by atoms with Gasteiger partial charge >= 0.3 is 12.1 Å². The molecule has 1 N–H and O–H groups in total. The maximum absolute atomic E-state index is 13.7. The Balaban J connectivity index is 1.53. The Kier molecular flexibility index (Phi) is 7.73. The maximum atomic E-state index is 13.7. The molecule has 1 atom stereocenters. The number of hydrogen-bond donors (Lipinski definition) is 1. The van der Waals surface area contributed by atoms with Gasteiger partial charge in [-0.05, 0) is 43.0 Å². The fourth-order valence-electron chi connectivity index (χ4n) is 4.04. The average Bonchev–Trinajstić information content (AvgIpc) is 3.58. The quantitative estimate of drug-likeness (QED) is 0.457. The lowest BCUT2D eigenvalue weighted by Crippen LogP contribution is -2.44. The van der Waals surface area contributed by atoms with Gasteiger partial charge in [0, 0.05) is 30.1 Å². The van der Waals surface area contributed by atoms with Gasteiger partial charge in [-0.15, -0.1) is 11.3 Å². The first-order valence-electron chi connectivity index (χ1n) is 11.4. The summed E-state index contributed by atoms with van der Waals surface area (Å²) in [7, 11) is 1.22. The molecule has 1 aliphatic heterocycles. The van der Waals surface area contributed by atoms with E-state index < -0.39 is 24.0 Å². The van der Waals surface area contributed by atoms with E-state index in [9.17, 15) is 22.8 Å². The minimum atomic E-state index is -4.80. The molecule has 4 rings (SSSR count). The summed E-state index contributed by atoms with van der Waals surface area (Å²) in [5, 5.41) is 13.3. The van der Waals surface area contributed by atoms with Gasteiger partial charge in [-0.25, -0.2) is 14.8 Å². The van der Waals surface area contributed by atoms with Gasteiger partial charge in [0.15, 0.2) is 0 Å².